The molecule has 1 amide bonds. The minimum Gasteiger partial charge on any atom is -0.481 e. The quantitative estimate of drug-likeness (QED) is 0.907. The number of hydrogen-bond donors (Lipinski definition) is 1. The van der Waals surface area contributed by atoms with Crippen molar-refractivity contribution in [2.75, 3.05) is 7.05 Å². The van der Waals surface area contributed by atoms with Crippen LogP contribution in [0.3, 0.4) is 0 Å². The van der Waals surface area contributed by atoms with Crippen molar-refractivity contribution < 1.29 is 19.1 Å². The van der Waals surface area contributed by atoms with Gasteiger partial charge < -0.3 is 10.0 Å². The van der Waals surface area contributed by atoms with Crippen molar-refractivity contribution in [3.05, 3.63) is 34.1 Å². The summed E-state index contributed by atoms with van der Waals surface area (Å²) in [6.45, 7) is 0. The summed E-state index contributed by atoms with van der Waals surface area (Å²) in [7, 11) is 1.58. The molecule has 0 aliphatic carbocycles. The van der Waals surface area contributed by atoms with Crippen molar-refractivity contribution in [2.45, 2.75) is 18.9 Å². The number of hydrogen-bond acceptors (Lipinski definition) is 2. The standard InChI is InChI=1S/C13H13BrFNO3/c1-16-11(17)5-4-9(13(18)19)12(16)8-3-2-7(15)6-10(8)14/h2-3,6,9,12H,4-5H2,1H3,(H,18,19). The molecule has 1 N–H and O–H groups in total. The van der Waals surface area contributed by atoms with E-state index >= 15 is 0 Å². The van der Waals surface area contributed by atoms with Crippen LogP contribution < -0.4 is 0 Å². The zero-order chi connectivity index (χ0) is 14.2. The Labute approximate surface area is 118 Å². The molecule has 1 aromatic carbocycles. The number of carbonyl (C=O) groups is 2. The van der Waals surface area contributed by atoms with Crippen molar-refractivity contribution >= 4 is 27.8 Å². The molecule has 19 heavy (non-hydrogen) atoms. The molecule has 1 heterocycles. The Balaban J connectivity index is 2.46. The van der Waals surface area contributed by atoms with Gasteiger partial charge in [-0.05, 0) is 24.1 Å². The van der Waals surface area contributed by atoms with Gasteiger partial charge in [0.15, 0.2) is 0 Å². The number of carboxylic acids is 1. The average Bonchev–Trinajstić information content (AvgIpc) is 2.33. The largest absolute Gasteiger partial charge is 0.481 e. The summed E-state index contributed by atoms with van der Waals surface area (Å²) in [5, 5.41) is 9.29. The number of amides is 1. The predicted octanol–water partition coefficient (Wildman–Crippen LogP) is 2.58. The van der Waals surface area contributed by atoms with E-state index in [1.807, 2.05) is 0 Å². The molecule has 1 aliphatic heterocycles. The fraction of sp³-hybridized carbons (Fsp3) is 0.385. The van der Waals surface area contributed by atoms with Crippen molar-refractivity contribution in [3.63, 3.8) is 0 Å². The lowest BCUT2D eigenvalue weighted by atomic mass is 9.84. The van der Waals surface area contributed by atoms with Gasteiger partial charge in [0.25, 0.3) is 0 Å². The number of piperidine rings is 1. The Morgan fingerprint density at radius 1 is 1.53 bits per heavy atom. The molecule has 4 nitrogen and oxygen atoms in total. The highest BCUT2D eigenvalue weighted by molar-refractivity contribution is 9.10. The zero-order valence-corrected chi connectivity index (χ0v) is 11.9. The van der Waals surface area contributed by atoms with Gasteiger partial charge in [-0.25, -0.2) is 4.39 Å². The van der Waals surface area contributed by atoms with E-state index in [2.05, 4.69) is 15.9 Å². The highest BCUT2D eigenvalue weighted by Crippen LogP contribution is 2.39. The lowest BCUT2D eigenvalue weighted by molar-refractivity contribution is -0.150. The monoisotopic (exact) mass is 329 g/mol. The maximum atomic E-state index is 13.1. The molecule has 0 bridgehead atoms. The first-order valence-corrected chi connectivity index (χ1v) is 6.64. The van der Waals surface area contributed by atoms with Gasteiger partial charge in [-0.3, -0.25) is 9.59 Å². The van der Waals surface area contributed by atoms with Gasteiger partial charge in [0.1, 0.15) is 5.82 Å². The van der Waals surface area contributed by atoms with E-state index in [4.69, 9.17) is 0 Å². The third-order valence-corrected chi connectivity index (χ3v) is 4.15. The van der Waals surface area contributed by atoms with Crippen molar-refractivity contribution in [3.8, 4) is 0 Å². The number of aliphatic carboxylic acids is 1. The van der Waals surface area contributed by atoms with Gasteiger partial charge >= 0.3 is 5.97 Å². The zero-order valence-electron chi connectivity index (χ0n) is 10.3. The van der Waals surface area contributed by atoms with Crippen molar-refractivity contribution in [1.82, 2.24) is 4.90 Å². The predicted molar refractivity (Wildman–Crippen MR) is 70.0 cm³/mol. The first-order valence-electron chi connectivity index (χ1n) is 5.85. The van der Waals surface area contributed by atoms with Crippen LogP contribution in [0.1, 0.15) is 24.4 Å². The summed E-state index contributed by atoms with van der Waals surface area (Å²) in [4.78, 5) is 24.5. The molecule has 2 rings (SSSR count). The van der Waals surface area contributed by atoms with Crippen LogP contribution in [-0.2, 0) is 9.59 Å². The highest BCUT2D eigenvalue weighted by Gasteiger charge is 2.39. The van der Waals surface area contributed by atoms with Crippen LogP contribution >= 0.6 is 15.9 Å². The van der Waals surface area contributed by atoms with Gasteiger partial charge in [-0.15, -0.1) is 0 Å². The molecule has 1 aromatic rings. The summed E-state index contributed by atoms with van der Waals surface area (Å²) in [6.07, 6.45) is 0.524. The van der Waals surface area contributed by atoms with E-state index in [0.29, 0.717) is 16.5 Å². The Bertz CT molecular complexity index is 535. The maximum Gasteiger partial charge on any atom is 0.308 e. The second-order valence-corrected chi connectivity index (χ2v) is 5.45. The highest BCUT2D eigenvalue weighted by atomic mass is 79.9. The number of carbonyl (C=O) groups excluding carboxylic acids is 1. The van der Waals surface area contributed by atoms with Crippen LogP contribution in [-0.4, -0.2) is 28.9 Å². The minimum absolute atomic E-state index is 0.0984. The lowest BCUT2D eigenvalue weighted by Crippen LogP contribution is -2.43. The smallest absolute Gasteiger partial charge is 0.308 e. The van der Waals surface area contributed by atoms with Crippen molar-refractivity contribution in [2.24, 2.45) is 5.92 Å². The molecule has 0 radical (unpaired) electrons. The van der Waals surface area contributed by atoms with Gasteiger partial charge in [0.2, 0.25) is 5.91 Å². The molecular formula is C13H13BrFNO3. The normalized spacial score (nSPS) is 23.5. The fourth-order valence-electron chi connectivity index (χ4n) is 2.46. The minimum atomic E-state index is -0.944. The molecular weight excluding hydrogens is 317 g/mol. The topological polar surface area (TPSA) is 57.6 Å². The van der Waals surface area contributed by atoms with Crippen LogP contribution in [0.4, 0.5) is 4.39 Å². The molecule has 1 saturated heterocycles. The van der Waals surface area contributed by atoms with Crippen molar-refractivity contribution in [1.29, 1.82) is 0 Å². The molecule has 102 valence electrons. The number of likely N-dealkylation sites (tertiary alicyclic amines) is 1. The van der Waals surface area contributed by atoms with Gasteiger partial charge in [-0.2, -0.15) is 0 Å². The summed E-state index contributed by atoms with van der Waals surface area (Å²) >= 11 is 3.24. The van der Waals surface area contributed by atoms with Crippen LogP contribution in [0.25, 0.3) is 0 Å². The van der Waals surface area contributed by atoms with Gasteiger partial charge in [0, 0.05) is 17.9 Å². The molecule has 0 spiro atoms. The van der Waals surface area contributed by atoms with Crippen LogP contribution in [0.5, 0.6) is 0 Å². The number of carboxylic acid groups (broad SMARTS) is 1. The second kappa shape index (κ2) is 5.28. The number of halogens is 2. The Kier molecular flexibility index (Phi) is 3.89. The fourth-order valence-corrected chi connectivity index (χ4v) is 3.05. The Morgan fingerprint density at radius 3 is 2.79 bits per heavy atom. The third-order valence-electron chi connectivity index (χ3n) is 3.46. The van der Waals surface area contributed by atoms with E-state index in [1.54, 1.807) is 7.05 Å². The van der Waals surface area contributed by atoms with Gasteiger partial charge in [0.05, 0.1) is 12.0 Å². The molecule has 2 atom stereocenters. The maximum absolute atomic E-state index is 13.1. The molecule has 0 saturated carbocycles. The Hall–Kier alpha value is -1.43. The van der Waals surface area contributed by atoms with Crippen LogP contribution in [0.15, 0.2) is 22.7 Å². The first-order chi connectivity index (χ1) is 8.91. The van der Waals surface area contributed by atoms with E-state index in [1.165, 1.54) is 23.1 Å². The van der Waals surface area contributed by atoms with E-state index in [9.17, 15) is 19.1 Å². The number of benzene rings is 1. The van der Waals surface area contributed by atoms with E-state index < -0.39 is 23.7 Å². The third kappa shape index (κ3) is 2.63. The van der Waals surface area contributed by atoms with E-state index in [-0.39, 0.29) is 12.3 Å². The second-order valence-electron chi connectivity index (χ2n) is 4.60. The molecule has 2 unspecified atom stereocenters. The number of rotatable bonds is 2. The molecule has 6 heteroatoms. The lowest BCUT2D eigenvalue weighted by Gasteiger charge is -2.37. The number of nitrogens with zero attached hydrogens (tertiary/aromatic N) is 1. The van der Waals surface area contributed by atoms with Gasteiger partial charge in [-0.1, -0.05) is 22.0 Å². The summed E-state index contributed by atoms with van der Waals surface area (Å²) in [5.74, 6) is -2.13. The summed E-state index contributed by atoms with van der Waals surface area (Å²) in [5.41, 5.74) is 0.615. The molecule has 1 aliphatic rings. The summed E-state index contributed by atoms with van der Waals surface area (Å²) < 4.78 is 13.6. The molecule has 1 fully saturated rings. The van der Waals surface area contributed by atoms with Crippen LogP contribution in [0, 0.1) is 11.7 Å². The Morgan fingerprint density at radius 2 is 2.21 bits per heavy atom. The van der Waals surface area contributed by atoms with E-state index in [0.717, 1.165) is 0 Å². The summed E-state index contributed by atoms with van der Waals surface area (Å²) in [6, 6.07) is 3.50. The first kappa shape index (κ1) is 14.0. The van der Waals surface area contributed by atoms with Crippen LogP contribution in [0.2, 0.25) is 0 Å². The molecule has 0 aromatic heterocycles. The average molecular weight is 330 g/mol. The SMILES string of the molecule is CN1C(=O)CCC(C(=O)O)C1c1ccc(F)cc1Br.